The van der Waals surface area contributed by atoms with Crippen LogP contribution in [0.25, 0.3) is 0 Å². The molecule has 6 nitrogen and oxygen atoms in total. The molecule has 1 aromatic carbocycles. The van der Waals surface area contributed by atoms with E-state index in [0.29, 0.717) is 34.6 Å². The smallest absolute Gasteiger partial charge is 0.341 e. The average Bonchev–Trinajstić information content (AvgIpc) is 3.24. The molecule has 1 aliphatic carbocycles. The molecule has 0 fully saturated rings. The van der Waals surface area contributed by atoms with Crippen LogP contribution in [0.1, 0.15) is 46.6 Å². The lowest BCUT2D eigenvalue weighted by Crippen LogP contribution is -2.17. The van der Waals surface area contributed by atoms with Gasteiger partial charge in [0.05, 0.1) is 18.6 Å². The van der Waals surface area contributed by atoms with Crippen LogP contribution < -0.4 is 14.8 Å². The summed E-state index contributed by atoms with van der Waals surface area (Å²) in [7, 11) is 0. The van der Waals surface area contributed by atoms with E-state index >= 15 is 0 Å². The molecule has 0 bridgehead atoms. The van der Waals surface area contributed by atoms with Gasteiger partial charge in [-0.2, -0.15) is 0 Å². The molecular weight excluding hydrogens is 378 g/mol. The Morgan fingerprint density at radius 2 is 2.11 bits per heavy atom. The van der Waals surface area contributed by atoms with Gasteiger partial charge in [0.25, 0.3) is 0 Å². The molecule has 1 N–H and O–H groups in total. The van der Waals surface area contributed by atoms with Crippen molar-refractivity contribution in [2.24, 2.45) is 5.92 Å². The first kappa shape index (κ1) is 18.8. The molecule has 0 spiro atoms. The molecule has 1 unspecified atom stereocenters. The SMILES string of the molecule is CCOC(=O)c1c(NC(=O)Cc2ccc3c(c2)OCO3)sc2c1CCC(C)C2. The number of nitrogens with one attached hydrogen (secondary N) is 1. The van der Waals surface area contributed by atoms with Gasteiger partial charge >= 0.3 is 5.97 Å². The van der Waals surface area contributed by atoms with Crippen molar-refractivity contribution in [1.82, 2.24) is 0 Å². The maximum absolute atomic E-state index is 12.7. The van der Waals surface area contributed by atoms with Gasteiger partial charge in [0.2, 0.25) is 12.7 Å². The van der Waals surface area contributed by atoms with Crippen LogP contribution in [-0.4, -0.2) is 25.3 Å². The summed E-state index contributed by atoms with van der Waals surface area (Å²) < 4.78 is 15.9. The van der Waals surface area contributed by atoms with Crippen LogP contribution in [0.4, 0.5) is 5.00 Å². The zero-order valence-electron chi connectivity index (χ0n) is 16.0. The second kappa shape index (κ2) is 7.83. The standard InChI is InChI=1S/C21H23NO5S/c1-3-25-21(24)19-14-6-4-12(2)8-17(14)28-20(19)22-18(23)10-13-5-7-15-16(9-13)27-11-26-15/h5,7,9,12H,3-4,6,8,10-11H2,1-2H3,(H,22,23). The summed E-state index contributed by atoms with van der Waals surface area (Å²) in [6.45, 7) is 4.51. The third-order valence-electron chi connectivity index (χ3n) is 5.05. The van der Waals surface area contributed by atoms with Gasteiger partial charge in [-0.1, -0.05) is 13.0 Å². The summed E-state index contributed by atoms with van der Waals surface area (Å²) >= 11 is 1.50. The fraction of sp³-hybridized carbons (Fsp3) is 0.429. The van der Waals surface area contributed by atoms with Crippen molar-refractivity contribution in [3.05, 3.63) is 39.8 Å². The van der Waals surface area contributed by atoms with E-state index < -0.39 is 0 Å². The monoisotopic (exact) mass is 401 g/mol. The predicted molar refractivity (Wildman–Crippen MR) is 106 cm³/mol. The second-order valence-corrected chi connectivity index (χ2v) is 8.29. The number of carbonyl (C=O) groups is 2. The maximum atomic E-state index is 12.7. The third kappa shape index (κ3) is 3.71. The Hall–Kier alpha value is -2.54. The molecule has 2 heterocycles. The Bertz CT molecular complexity index is 920. The molecule has 1 aromatic heterocycles. The number of carbonyl (C=O) groups excluding carboxylic acids is 2. The minimum Gasteiger partial charge on any atom is -0.462 e. The van der Waals surface area contributed by atoms with Gasteiger partial charge < -0.3 is 19.5 Å². The highest BCUT2D eigenvalue weighted by Gasteiger charge is 2.29. The molecular formula is C21H23NO5S. The summed E-state index contributed by atoms with van der Waals surface area (Å²) in [6, 6.07) is 5.47. The van der Waals surface area contributed by atoms with E-state index in [1.807, 2.05) is 12.1 Å². The Morgan fingerprint density at radius 1 is 1.29 bits per heavy atom. The van der Waals surface area contributed by atoms with Crippen molar-refractivity contribution in [2.75, 3.05) is 18.7 Å². The van der Waals surface area contributed by atoms with E-state index in [4.69, 9.17) is 14.2 Å². The van der Waals surface area contributed by atoms with Crippen LogP contribution in [0.2, 0.25) is 0 Å². The topological polar surface area (TPSA) is 73.9 Å². The number of benzene rings is 1. The van der Waals surface area contributed by atoms with Crippen molar-refractivity contribution in [2.45, 2.75) is 39.5 Å². The zero-order chi connectivity index (χ0) is 19.7. The largest absolute Gasteiger partial charge is 0.462 e. The van der Waals surface area contributed by atoms with Gasteiger partial charge in [-0.05, 0) is 55.4 Å². The number of esters is 1. The van der Waals surface area contributed by atoms with E-state index in [9.17, 15) is 9.59 Å². The molecule has 7 heteroatoms. The lowest BCUT2D eigenvalue weighted by molar-refractivity contribution is -0.115. The highest BCUT2D eigenvalue weighted by atomic mass is 32.1. The Morgan fingerprint density at radius 3 is 2.93 bits per heavy atom. The lowest BCUT2D eigenvalue weighted by Gasteiger charge is -2.18. The molecule has 1 aliphatic heterocycles. The summed E-state index contributed by atoms with van der Waals surface area (Å²) in [4.78, 5) is 26.4. The van der Waals surface area contributed by atoms with Crippen molar-refractivity contribution in [3.63, 3.8) is 0 Å². The van der Waals surface area contributed by atoms with Crippen LogP contribution in [-0.2, 0) is 28.8 Å². The summed E-state index contributed by atoms with van der Waals surface area (Å²) in [6.07, 6.45) is 3.02. The normalized spacial score (nSPS) is 17.1. The highest BCUT2D eigenvalue weighted by molar-refractivity contribution is 7.17. The van der Waals surface area contributed by atoms with Crippen LogP contribution in [0, 0.1) is 5.92 Å². The van der Waals surface area contributed by atoms with E-state index in [1.165, 1.54) is 16.2 Å². The van der Waals surface area contributed by atoms with Gasteiger partial charge in [-0.25, -0.2) is 4.79 Å². The third-order valence-corrected chi connectivity index (χ3v) is 6.22. The number of anilines is 1. The van der Waals surface area contributed by atoms with Crippen molar-refractivity contribution in [3.8, 4) is 11.5 Å². The first-order valence-corrected chi connectivity index (χ1v) is 10.4. The average molecular weight is 401 g/mol. The fourth-order valence-corrected chi connectivity index (χ4v) is 5.08. The van der Waals surface area contributed by atoms with E-state index in [2.05, 4.69) is 12.2 Å². The van der Waals surface area contributed by atoms with Crippen molar-refractivity contribution in [1.29, 1.82) is 0 Å². The summed E-state index contributed by atoms with van der Waals surface area (Å²) in [5, 5.41) is 3.55. The van der Waals surface area contributed by atoms with E-state index in [0.717, 1.165) is 30.4 Å². The van der Waals surface area contributed by atoms with Crippen molar-refractivity contribution < 1.29 is 23.8 Å². The summed E-state index contributed by atoms with van der Waals surface area (Å²) in [5.41, 5.74) is 2.40. The van der Waals surface area contributed by atoms with Crippen molar-refractivity contribution >= 4 is 28.2 Å². The Labute approximate surface area is 167 Å². The quantitative estimate of drug-likeness (QED) is 0.768. The number of fused-ring (bicyclic) bond motifs is 2. The zero-order valence-corrected chi connectivity index (χ0v) is 16.8. The second-order valence-electron chi connectivity index (χ2n) is 7.19. The molecule has 28 heavy (non-hydrogen) atoms. The van der Waals surface area contributed by atoms with Gasteiger partial charge in [0.15, 0.2) is 11.5 Å². The number of hydrogen-bond acceptors (Lipinski definition) is 6. The van der Waals surface area contributed by atoms with Gasteiger partial charge in [0.1, 0.15) is 5.00 Å². The fourth-order valence-electron chi connectivity index (χ4n) is 3.67. The number of ether oxygens (including phenoxy) is 3. The first-order chi connectivity index (χ1) is 13.5. The van der Waals surface area contributed by atoms with E-state index in [1.54, 1.807) is 13.0 Å². The number of hydrogen-bond donors (Lipinski definition) is 1. The molecule has 0 saturated carbocycles. The number of thiophene rings is 1. The Kier molecular flexibility index (Phi) is 5.26. The molecule has 148 valence electrons. The molecule has 0 radical (unpaired) electrons. The van der Waals surface area contributed by atoms with Gasteiger partial charge in [0, 0.05) is 4.88 Å². The number of rotatable bonds is 5. The lowest BCUT2D eigenvalue weighted by atomic mass is 9.88. The number of amides is 1. The minimum absolute atomic E-state index is 0.170. The van der Waals surface area contributed by atoms with Crippen LogP contribution in [0.3, 0.4) is 0 Å². The van der Waals surface area contributed by atoms with Gasteiger partial charge in [-0.15, -0.1) is 11.3 Å². The summed E-state index contributed by atoms with van der Waals surface area (Å²) in [5.74, 6) is 1.40. The molecule has 0 saturated heterocycles. The molecule has 1 amide bonds. The molecule has 1 atom stereocenters. The molecule has 2 aromatic rings. The van der Waals surface area contributed by atoms with Gasteiger partial charge in [-0.3, -0.25) is 4.79 Å². The highest BCUT2D eigenvalue weighted by Crippen LogP contribution is 2.40. The van der Waals surface area contributed by atoms with Crippen LogP contribution in [0.15, 0.2) is 18.2 Å². The van der Waals surface area contributed by atoms with Crippen LogP contribution in [0.5, 0.6) is 11.5 Å². The van der Waals surface area contributed by atoms with E-state index in [-0.39, 0.29) is 25.1 Å². The molecule has 4 rings (SSSR count). The first-order valence-electron chi connectivity index (χ1n) is 9.55. The Balaban J connectivity index is 1.55. The maximum Gasteiger partial charge on any atom is 0.341 e. The predicted octanol–water partition coefficient (Wildman–Crippen LogP) is 3.96. The minimum atomic E-state index is -0.354. The van der Waals surface area contributed by atoms with Crippen LogP contribution >= 0.6 is 11.3 Å². The molecule has 2 aliphatic rings.